The molecule has 54 heavy (non-hydrogen) atoms. The van der Waals surface area contributed by atoms with Crippen LogP contribution in [0.5, 0.6) is 0 Å². The topological polar surface area (TPSA) is 172 Å². The molecule has 0 aliphatic carbocycles. The molecule has 2 aromatic heterocycles. The lowest BCUT2D eigenvalue weighted by Gasteiger charge is -2.31. The summed E-state index contributed by atoms with van der Waals surface area (Å²) in [7, 11) is 0. The molecule has 6 rings (SSSR count). The van der Waals surface area contributed by atoms with Gasteiger partial charge in [0, 0.05) is 48.3 Å². The number of aliphatic hydroxyl groups is 2. The molecule has 2 aliphatic heterocycles. The van der Waals surface area contributed by atoms with Crippen LogP contribution in [-0.4, -0.2) is 128 Å². The quantitative estimate of drug-likeness (QED) is 0.158. The van der Waals surface area contributed by atoms with Gasteiger partial charge in [0.15, 0.2) is 12.2 Å². The van der Waals surface area contributed by atoms with E-state index in [4.69, 9.17) is 20.4 Å². The Balaban J connectivity index is 0.000000194. The zero-order valence-corrected chi connectivity index (χ0v) is 32.8. The highest BCUT2D eigenvalue weighted by atomic mass is 16.4. The highest BCUT2D eigenvalue weighted by Crippen LogP contribution is 2.37. The summed E-state index contributed by atoms with van der Waals surface area (Å²) in [6.45, 7) is 25.6. The highest BCUT2D eigenvalue weighted by Gasteiger charge is 2.31. The predicted octanol–water partition coefficient (Wildman–Crippen LogP) is 3.77. The number of carboxylic acid groups (broad SMARTS) is 2. The summed E-state index contributed by atoms with van der Waals surface area (Å²) >= 11 is 0. The van der Waals surface area contributed by atoms with Gasteiger partial charge in [-0.05, 0) is 77.1 Å². The van der Waals surface area contributed by atoms with Crippen molar-refractivity contribution in [3.8, 4) is 0 Å². The van der Waals surface area contributed by atoms with E-state index in [1.807, 2.05) is 9.80 Å². The summed E-state index contributed by atoms with van der Waals surface area (Å²) in [6, 6.07) is 12.6. The van der Waals surface area contributed by atoms with Crippen LogP contribution in [-0.2, 0) is 32.3 Å². The van der Waals surface area contributed by atoms with E-state index in [2.05, 4.69) is 111 Å². The molecule has 2 atom stereocenters. The van der Waals surface area contributed by atoms with E-state index in [1.54, 1.807) is 0 Å². The van der Waals surface area contributed by atoms with Crippen molar-refractivity contribution in [2.75, 3.05) is 62.2 Å². The van der Waals surface area contributed by atoms with Gasteiger partial charge in [-0.2, -0.15) is 0 Å². The second kappa shape index (κ2) is 18.0. The third kappa shape index (κ3) is 8.46. The van der Waals surface area contributed by atoms with Gasteiger partial charge in [0.1, 0.15) is 13.1 Å². The van der Waals surface area contributed by atoms with E-state index in [9.17, 15) is 19.2 Å². The number of likely N-dealkylation sites (N-methyl/N-ethyl adjacent to an activating group) is 2. The molecule has 0 bridgehead atoms. The monoisotopic (exact) mass is 748 g/mol. The van der Waals surface area contributed by atoms with E-state index in [0.29, 0.717) is 13.1 Å². The molecule has 0 fully saturated rings. The third-order valence-corrected chi connectivity index (χ3v) is 10.9. The van der Waals surface area contributed by atoms with Gasteiger partial charge in [0.2, 0.25) is 11.8 Å². The minimum Gasteiger partial charge on any atom is -0.479 e. The van der Waals surface area contributed by atoms with Gasteiger partial charge in [0.25, 0.3) is 0 Å². The van der Waals surface area contributed by atoms with Crippen molar-refractivity contribution < 1.29 is 39.6 Å². The Morgan fingerprint density at radius 3 is 1.26 bits per heavy atom. The lowest BCUT2D eigenvalue weighted by molar-refractivity contribution is -0.165. The number of aliphatic hydroxyl groups excluding tert-OH is 2. The molecule has 14 nitrogen and oxygen atoms in total. The molecule has 2 aliphatic rings. The fourth-order valence-corrected chi connectivity index (χ4v) is 7.23. The van der Waals surface area contributed by atoms with Gasteiger partial charge in [0.05, 0.1) is 22.4 Å². The Labute approximate surface area is 316 Å². The molecule has 0 spiro atoms. The first kappa shape index (κ1) is 42.0. The lowest BCUT2D eigenvalue weighted by Crippen LogP contribution is -2.42. The van der Waals surface area contributed by atoms with Crippen LogP contribution >= 0.6 is 0 Å². The number of rotatable bonds is 13. The van der Waals surface area contributed by atoms with E-state index in [1.165, 1.54) is 44.3 Å². The zero-order chi connectivity index (χ0) is 40.0. The summed E-state index contributed by atoms with van der Waals surface area (Å²) in [5.74, 6) is -3.14. The maximum atomic E-state index is 12.6. The number of carbonyl (C=O) groups excluding carboxylic acids is 2. The Hall–Kier alpha value is -4.76. The molecular formula is C40H56N6O8. The Morgan fingerprint density at radius 1 is 0.630 bits per heavy atom. The van der Waals surface area contributed by atoms with Crippen LogP contribution in [0.4, 0.5) is 11.4 Å². The number of carbonyl (C=O) groups is 4. The summed E-state index contributed by atoms with van der Waals surface area (Å²) in [5.41, 5.74) is 9.56. The molecule has 2 aromatic carbocycles. The average Bonchev–Trinajstić information content (AvgIpc) is 3.55. The largest absolute Gasteiger partial charge is 0.479 e. The Kier molecular flexibility index (Phi) is 14.0. The minimum absolute atomic E-state index is 0.200. The van der Waals surface area contributed by atoms with Crippen molar-refractivity contribution in [1.82, 2.24) is 18.9 Å². The minimum atomic E-state index is -2.27. The van der Waals surface area contributed by atoms with Crippen molar-refractivity contribution in [3.63, 3.8) is 0 Å². The molecular weight excluding hydrogens is 692 g/mol. The van der Waals surface area contributed by atoms with Crippen molar-refractivity contribution in [3.05, 3.63) is 58.9 Å². The number of carboxylic acids is 2. The van der Waals surface area contributed by atoms with Gasteiger partial charge in [-0.3, -0.25) is 9.59 Å². The molecule has 4 N–H and O–H groups in total. The van der Waals surface area contributed by atoms with Crippen LogP contribution in [0.2, 0.25) is 0 Å². The first-order valence-corrected chi connectivity index (χ1v) is 18.7. The Morgan fingerprint density at radius 2 is 0.963 bits per heavy atom. The number of hydrogen-bond donors (Lipinski definition) is 4. The fraction of sp³-hybridized carbons (Fsp3) is 0.500. The molecule has 0 radical (unpaired) electrons. The number of nitrogens with zero attached hydrogens (tertiary/aromatic N) is 6. The number of hydrogen-bond acceptors (Lipinski definition) is 8. The van der Waals surface area contributed by atoms with Crippen LogP contribution in [0.15, 0.2) is 36.4 Å². The molecule has 4 aromatic rings. The van der Waals surface area contributed by atoms with Gasteiger partial charge < -0.3 is 49.2 Å². The normalized spacial score (nSPS) is 14.7. The maximum Gasteiger partial charge on any atom is 0.335 e. The van der Waals surface area contributed by atoms with Gasteiger partial charge in [-0.1, -0.05) is 52.0 Å². The van der Waals surface area contributed by atoms with Crippen LogP contribution in [0.25, 0.3) is 21.8 Å². The molecule has 0 saturated carbocycles. The van der Waals surface area contributed by atoms with Crippen molar-refractivity contribution in [1.29, 1.82) is 0 Å². The van der Waals surface area contributed by atoms with E-state index in [0.717, 1.165) is 63.7 Å². The summed E-state index contributed by atoms with van der Waals surface area (Å²) in [5, 5.41) is 35.1. The van der Waals surface area contributed by atoms with Crippen LogP contribution < -0.4 is 9.80 Å². The summed E-state index contributed by atoms with van der Waals surface area (Å²) in [4.78, 5) is 53.5. The predicted molar refractivity (Wildman–Crippen MR) is 210 cm³/mol. The number of anilines is 2. The lowest BCUT2D eigenvalue weighted by atomic mass is 10.1. The Bertz CT molecular complexity index is 1850. The standard InChI is InChI=1S/2C18H25N3O.C4H6O6/c2*1-5-19(6-2)10-11-20-16-9-7-8-15-13(3)14(4)21(18(15)16)12-17(20)22;5-1(3(7)8)2(6)4(9)10/h2*7-9H,5-6,10-12H2,1-4H3;1-2,5-6H,(H,7,8)(H,9,10). The molecule has 2 unspecified atom stereocenters. The third-order valence-electron chi connectivity index (χ3n) is 10.9. The summed E-state index contributed by atoms with van der Waals surface area (Å²) in [6.07, 6.45) is -4.53. The highest BCUT2D eigenvalue weighted by molar-refractivity contribution is 6.08. The molecule has 294 valence electrons. The van der Waals surface area contributed by atoms with Crippen molar-refractivity contribution in [2.24, 2.45) is 0 Å². The molecule has 0 saturated heterocycles. The maximum absolute atomic E-state index is 12.6. The number of aryl methyl sites for hydroxylation is 2. The number of aromatic nitrogens is 2. The first-order chi connectivity index (χ1) is 25.6. The number of para-hydroxylation sites is 2. The first-order valence-electron chi connectivity index (χ1n) is 18.7. The van der Waals surface area contributed by atoms with E-state index < -0.39 is 24.1 Å². The van der Waals surface area contributed by atoms with E-state index in [-0.39, 0.29) is 11.8 Å². The van der Waals surface area contributed by atoms with Crippen molar-refractivity contribution >= 4 is 56.9 Å². The number of aliphatic carboxylic acids is 2. The van der Waals surface area contributed by atoms with Crippen LogP contribution in [0.1, 0.15) is 50.2 Å². The van der Waals surface area contributed by atoms with Crippen LogP contribution in [0, 0.1) is 27.7 Å². The van der Waals surface area contributed by atoms with Crippen molar-refractivity contribution in [2.45, 2.75) is 80.7 Å². The smallest absolute Gasteiger partial charge is 0.335 e. The molecule has 2 amide bonds. The number of benzene rings is 2. The second-order valence-corrected chi connectivity index (χ2v) is 13.7. The van der Waals surface area contributed by atoms with Crippen LogP contribution in [0.3, 0.4) is 0 Å². The number of amides is 2. The zero-order valence-electron chi connectivity index (χ0n) is 32.8. The second-order valence-electron chi connectivity index (χ2n) is 13.7. The van der Waals surface area contributed by atoms with Gasteiger partial charge in [-0.15, -0.1) is 0 Å². The van der Waals surface area contributed by atoms with E-state index >= 15 is 0 Å². The van der Waals surface area contributed by atoms with Gasteiger partial charge >= 0.3 is 11.9 Å². The molecule has 4 heterocycles. The summed E-state index contributed by atoms with van der Waals surface area (Å²) < 4.78 is 4.35. The average molecular weight is 749 g/mol. The van der Waals surface area contributed by atoms with Gasteiger partial charge in [-0.25, -0.2) is 9.59 Å². The fourth-order valence-electron chi connectivity index (χ4n) is 7.23. The SMILES string of the molecule is CCN(CC)CCN1C(=O)Cn2c(C)c(C)c3cccc1c32.CCN(CC)CCN1C(=O)Cn2c(C)c(C)c3cccc1c32.O=C(O)C(O)C(O)C(=O)O. The molecule has 14 heteroatoms.